The molecule has 0 unspecified atom stereocenters. The van der Waals surface area contributed by atoms with Gasteiger partial charge in [-0.25, -0.2) is 0 Å². The largest absolute Gasteiger partial charge is 0.383 e. The monoisotopic (exact) mass is 352 g/mol. The van der Waals surface area contributed by atoms with Crippen molar-refractivity contribution in [2.75, 3.05) is 27.3 Å². The molecule has 0 aliphatic carbocycles. The van der Waals surface area contributed by atoms with E-state index in [1.54, 1.807) is 14.2 Å². The molecule has 0 aliphatic rings. The van der Waals surface area contributed by atoms with E-state index in [1.807, 2.05) is 17.8 Å². The lowest BCUT2D eigenvalue weighted by molar-refractivity contribution is 0.203. The van der Waals surface area contributed by atoms with Crippen LogP contribution in [0.3, 0.4) is 0 Å². The maximum absolute atomic E-state index is 4.95. The van der Waals surface area contributed by atoms with Gasteiger partial charge in [-0.05, 0) is 11.6 Å². The zero-order chi connectivity index (χ0) is 11.8. The second kappa shape index (κ2) is 9.29. The number of aryl methyl sites for hydroxylation is 1. The Morgan fingerprint density at radius 2 is 2.24 bits per heavy atom. The van der Waals surface area contributed by atoms with E-state index in [9.17, 15) is 0 Å². The van der Waals surface area contributed by atoms with Crippen molar-refractivity contribution in [3.63, 3.8) is 0 Å². The molecular formula is C11H21IN4O. The van der Waals surface area contributed by atoms with Crippen molar-refractivity contribution in [1.29, 1.82) is 0 Å². The molecule has 0 saturated carbocycles. The van der Waals surface area contributed by atoms with Gasteiger partial charge in [0.2, 0.25) is 0 Å². The van der Waals surface area contributed by atoms with Crippen LogP contribution >= 0.6 is 24.0 Å². The molecular weight excluding hydrogens is 331 g/mol. The number of aromatic nitrogens is 1. The van der Waals surface area contributed by atoms with E-state index in [0.29, 0.717) is 6.61 Å². The minimum Gasteiger partial charge on any atom is -0.383 e. The number of methoxy groups -OCH3 is 1. The molecule has 1 heterocycles. The maximum atomic E-state index is 4.95. The number of nitrogens with one attached hydrogen (secondary N) is 2. The van der Waals surface area contributed by atoms with Gasteiger partial charge in [-0.15, -0.1) is 24.0 Å². The zero-order valence-electron chi connectivity index (χ0n) is 10.6. The molecule has 17 heavy (non-hydrogen) atoms. The third kappa shape index (κ3) is 6.52. The normalized spacial score (nSPS) is 10.9. The molecule has 0 aromatic carbocycles. The van der Waals surface area contributed by atoms with E-state index < -0.39 is 0 Å². The van der Waals surface area contributed by atoms with E-state index in [-0.39, 0.29) is 24.0 Å². The Labute approximate surface area is 120 Å². The standard InChI is InChI=1S/C11H20N4O.HI/c1-12-11(13-5-7-16-3)14-8-10-4-6-15(2)9-10;/h4,6,9H,5,7-8H2,1-3H3,(H2,12,13,14);1H. The zero-order valence-corrected chi connectivity index (χ0v) is 12.9. The molecule has 0 aliphatic heterocycles. The van der Waals surface area contributed by atoms with Crippen LogP contribution in [0.25, 0.3) is 0 Å². The molecule has 1 aromatic rings. The van der Waals surface area contributed by atoms with Crippen LogP contribution in [-0.4, -0.2) is 37.8 Å². The maximum Gasteiger partial charge on any atom is 0.191 e. The average molecular weight is 352 g/mol. The number of ether oxygens (including phenoxy) is 1. The van der Waals surface area contributed by atoms with Gasteiger partial charge < -0.3 is 19.9 Å². The van der Waals surface area contributed by atoms with Crippen molar-refractivity contribution in [2.45, 2.75) is 6.54 Å². The van der Waals surface area contributed by atoms with Crippen LogP contribution in [0.1, 0.15) is 5.56 Å². The molecule has 5 nitrogen and oxygen atoms in total. The summed E-state index contributed by atoms with van der Waals surface area (Å²) in [6.07, 6.45) is 4.10. The minimum atomic E-state index is 0. The summed E-state index contributed by atoms with van der Waals surface area (Å²) in [4.78, 5) is 4.11. The lowest BCUT2D eigenvalue weighted by atomic mass is 10.3. The van der Waals surface area contributed by atoms with Crippen molar-refractivity contribution in [3.8, 4) is 0 Å². The first-order valence-electron chi connectivity index (χ1n) is 5.30. The van der Waals surface area contributed by atoms with Crippen LogP contribution in [0.2, 0.25) is 0 Å². The number of hydrogen-bond acceptors (Lipinski definition) is 2. The van der Waals surface area contributed by atoms with Crippen LogP contribution in [-0.2, 0) is 18.3 Å². The molecule has 0 bridgehead atoms. The summed E-state index contributed by atoms with van der Waals surface area (Å²) in [5.74, 6) is 0.793. The Morgan fingerprint density at radius 3 is 2.76 bits per heavy atom. The molecule has 0 radical (unpaired) electrons. The summed E-state index contributed by atoms with van der Waals surface area (Å²) < 4.78 is 6.98. The molecule has 0 saturated heterocycles. The van der Waals surface area contributed by atoms with Crippen LogP contribution in [0.15, 0.2) is 23.5 Å². The fourth-order valence-electron chi connectivity index (χ4n) is 1.34. The lowest BCUT2D eigenvalue weighted by Gasteiger charge is -2.10. The average Bonchev–Trinajstić information content (AvgIpc) is 2.69. The summed E-state index contributed by atoms with van der Waals surface area (Å²) in [7, 11) is 5.45. The predicted octanol–water partition coefficient (Wildman–Crippen LogP) is 0.954. The minimum absolute atomic E-state index is 0. The van der Waals surface area contributed by atoms with Crippen LogP contribution in [0, 0.1) is 0 Å². The second-order valence-electron chi connectivity index (χ2n) is 3.53. The quantitative estimate of drug-likeness (QED) is 0.359. The molecule has 0 atom stereocenters. The Hall–Kier alpha value is -0.760. The van der Waals surface area contributed by atoms with Crippen LogP contribution in [0.4, 0.5) is 0 Å². The summed E-state index contributed by atoms with van der Waals surface area (Å²) in [5.41, 5.74) is 1.23. The highest BCUT2D eigenvalue weighted by atomic mass is 127. The number of guanidine groups is 1. The van der Waals surface area contributed by atoms with E-state index in [2.05, 4.69) is 27.9 Å². The van der Waals surface area contributed by atoms with Crippen LogP contribution < -0.4 is 10.6 Å². The number of nitrogens with zero attached hydrogens (tertiary/aromatic N) is 2. The van der Waals surface area contributed by atoms with Gasteiger partial charge in [0, 0.05) is 46.7 Å². The summed E-state index contributed by atoms with van der Waals surface area (Å²) in [6.45, 7) is 2.20. The fraction of sp³-hybridized carbons (Fsp3) is 0.545. The smallest absolute Gasteiger partial charge is 0.191 e. The van der Waals surface area contributed by atoms with Gasteiger partial charge in [-0.2, -0.15) is 0 Å². The highest BCUT2D eigenvalue weighted by Crippen LogP contribution is 1.97. The van der Waals surface area contributed by atoms with Crippen molar-refractivity contribution in [1.82, 2.24) is 15.2 Å². The topological polar surface area (TPSA) is 50.6 Å². The number of aliphatic imine (C=N–C) groups is 1. The number of rotatable bonds is 5. The van der Waals surface area contributed by atoms with Gasteiger partial charge in [-0.3, -0.25) is 4.99 Å². The van der Waals surface area contributed by atoms with Crippen LogP contribution in [0.5, 0.6) is 0 Å². The van der Waals surface area contributed by atoms with E-state index >= 15 is 0 Å². The third-order valence-electron chi connectivity index (χ3n) is 2.18. The van der Waals surface area contributed by atoms with E-state index in [4.69, 9.17) is 4.74 Å². The Balaban J connectivity index is 0.00000256. The van der Waals surface area contributed by atoms with E-state index in [1.165, 1.54) is 5.56 Å². The van der Waals surface area contributed by atoms with Gasteiger partial charge in [0.15, 0.2) is 5.96 Å². The SMILES string of the molecule is CN=C(NCCOC)NCc1ccn(C)c1.I. The molecule has 6 heteroatoms. The lowest BCUT2D eigenvalue weighted by Crippen LogP contribution is -2.38. The number of hydrogen-bond donors (Lipinski definition) is 2. The predicted molar refractivity (Wildman–Crippen MR) is 80.9 cm³/mol. The molecule has 0 fully saturated rings. The molecule has 2 N–H and O–H groups in total. The third-order valence-corrected chi connectivity index (χ3v) is 2.18. The Kier molecular flexibility index (Phi) is 8.87. The first kappa shape index (κ1) is 16.2. The molecule has 0 amide bonds. The van der Waals surface area contributed by atoms with Crippen molar-refractivity contribution in [2.24, 2.45) is 12.0 Å². The number of halogens is 1. The highest BCUT2D eigenvalue weighted by Gasteiger charge is 1.98. The van der Waals surface area contributed by atoms with Crippen molar-refractivity contribution < 1.29 is 4.74 Å². The van der Waals surface area contributed by atoms with Gasteiger partial charge >= 0.3 is 0 Å². The second-order valence-corrected chi connectivity index (χ2v) is 3.53. The fourth-order valence-corrected chi connectivity index (χ4v) is 1.34. The molecule has 0 spiro atoms. The summed E-state index contributed by atoms with van der Waals surface area (Å²) in [6, 6.07) is 2.08. The van der Waals surface area contributed by atoms with Gasteiger partial charge in [-0.1, -0.05) is 0 Å². The summed E-state index contributed by atoms with van der Waals surface area (Å²) in [5, 5.41) is 6.38. The first-order chi connectivity index (χ1) is 7.76. The van der Waals surface area contributed by atoms with Gasteiger partial charge in [0.25, 0.3) is 0 Å². The highest BCUT2D eigenvalue weighted by molar-refractivity contribution is 14.0. The summed E-state index contributed by atoms with van der Waals surface area (Å²) >= 11 is 0. The first-order valence-corrected chi connectivity index (χ1v) is 5.30. The molecule has 98 valence electrons. The molecule has 1 rings (SSSR count). The van der Waals surface area contributed by atoms with E-state index in [0.717, 1.165) is 19.0 Å². The van der Waals surface area contributed by atoms with Gasteiger partial charge in [0.1, 0.15) is 0 Å². The molecule has 1 aromatic heterocycles. The van der Waals surface area contributed by atoms with Crippen molar-refractivity contribution >= 4 is 29.9 Å². The van der Waals surface area contributed by atoms with Gasteiger partial charge in [0.05, 0.1) is 6.61 Å². The van der Waals surface area contributed by atoms with Crippen molar-refractivity contribution in [3.05, 3.63) is 24.0 Å². The Morgan fingerprint density at radius 1 is 1.47 bits per heavy atom. The Bertz CT molecular complexity index is 338.